The first kappa shape index (κ1) is 23.1. The van der Waals surface area contributed by atoms with Crippen molar-refractivity contribution in [2.75, 3.05) is 26.1 Å². The SMILES string of the molecule is CCOC(=O)c1c(NC(=O)c2cc(OC)cc(OC)c2)sc2c1CC(C)(C)NC2(C)C. The quantitative estimate of drug-likeness (QED) is 0.642. The number of nitrogens with one attached hydrogen (secondary N) is 2. The summed E-state index contributed by atoms with van der Waals surface area (Å²) in [4.78, 5) is 27.0. The third kappa shape index (κ3) is 4.70. The van der Waals surface area contributed by atoms with Gasteiger partial charge in [-0.25, -0.2) is 4.79 Å². The molecule has 1 aromatic heterocycles. The zero-order valence-electron chi connectivity index (χ0n) is 19.1. The first-order valence-electron chi connectivity index (χ1n) is 10.2. The van der Waals surface area contributed by atoms with E-state index in [1.165, 1.54) is 25.6 Å². The first-order chi connectivity index (χ1) is 14.5. The lowest BCUT2D eigenvalue weighted by Crippen LogP contribution is -2.55. The number of hydrogen-bond donors (Lipinski definition) is 2. The molecule has 1 amide bonds. The average Bonchev–Trinajstić information content (AvgIpc) is 3.04. The second-order valence-corrected chi connectivity index (χ2v) is 9.72. The number of anilines is 1. The highest BCUT2D eigenvalue weighted by Gasteiger charge is 2.42. The van der Waals surface area contributed by atoms with E-state index in [9.17, 15) is 9.59 Å². The molecule has 0 atom stereocenters. The van der Waals surface area contributed by atoms with Crippen molar-refractivity contribution in [1.82, 2.24) is 5.32 Å². The van der Waals surface area contributed by atoms with Crippen molar-refractivity contribution >= 4 is 28.2 Å². The Kier molecular flexibility index (Phi) is 6.34. The molecule has 0 radical (unpaired) electrons. The molecule has 0 spiro atoms. The van der Waals surface area contributed by atoms with Crippen molar-refractivity contribution in [1.29, 1.82) is 0 Å². The fraction of sp³-hybridized carbons (Fsp3) is 0.478. The van der Waals surface area contributed by atoms with Crippen molar-refractivity contribution < 1.29 is 23.8 Å². The molecule has 1 aromatic carbocycles. The van der Waals surface area contributed by atoms with Gasteiger partial charge in [-0.1, -0.05) is 0 Å². The lowest BCUT2D eigenvalue weighted by molar-refractivity contribution is 0.0525. The Bertz CT molecular complexity index is 987. The molecule has 0 saturated carbocycles. The number of amides is 1. The average molecular weight is 447 g/mol. The van der Waals surface area contributed by atoms with E-state index in [2.05, 4.69) is 38.3 Å². The summed E-state index contributed by atoms with van der Waals surface area (Å²) in [7, 11) is 3.05. The minimum atomic E-state index is -0.424. The van der Waals surface area contributed by atoms with Crippen LogP contribution in [0.5, 0.6) is 11.5 Å². The number of rotatable bonds is 6. The number of ether oxygens (including phenoxy) is 3. The molecule has 0 bridgehead atoms. The second kappa shape index (κ2) is 8.51. The molecule has 168 valence electrons. The summed E-state index contributed by atoms with van der Waals surface area (Å²) < 4.78 is 15.9. The molecule has 1 aliphatic heterocycles. The summed E-state index contributed by atoms with van der Waals surface area (Å²) in [6.07, 6.45) is 0.652. The van der Waals surface area contributed by atoms with E-state index in [1.807, 2.05) is 0 Å². The predicted octanol–water partition coefficient (Wildman–Crippen LogP) is 4.35. The standard InChI is InChI=1S/C23H30N2O5S/c1-8-30-21(27)17-16-12-22(2,3)25-23(4,5)18(16)31-20(17)24-19(26)13-9-14(28-6)11-15(10-13)29-7/h9-11,25H,8,12H2,1-7H3,(H,24,26). The zero-order valence-corrected chi connectivity index (χ0v) is 19.9. The molecule has 2 aromatic rings. The van der Waals surface area contributed by atoms with Gasteiger partial charge in [-0.15, -0.1) is 11.3 Å². The van der Waals surface area contributed by atoms with Gasteiger partial charge in [-0.2, -0.15) is 0 Å². The van der Waals surface area contributed by atoms with Gasteiger partial charge in [0.25, 0.3) is 5.91 Å². The number of methoxy groups -OCH3 is 2. The van der Waals surface area contributed by atoms with Crippen LogP contribution in [0.25, 0.3) is 0 Å². The van der Waals surface area contributed by atoms with Crippen molar-refractivity contribution in [2.45, 2.75) is 52.1 Å². The molecule has 8 heteroatoms. The summed E-state index contributed by atoms with van der Waals surface area (Å²) in [6.45, 7) is 10.4. The lowest BCUT2D eigenvalue weighted by Gasteiger charge is -2.42. The van der Waals surface area contributed by atoms with E-state index < -0.39 is 5.97 Å². The number of esters is 1. The number of benzene rings is 1. The smallest absolute Gasteiger partial charge is 0.341 e. The van der Waals surface area contributed by atoms with E-state index in [-0.39, 0.29) is 23.6 Å². The summed E-state index contributed by atoms with van der Waals surface area (Å²) in [5, 5.41) is 7.05. The highest BCUT2D eigenvalue weighted by Crippen LogP contribution is 2.45. The van der Waals surface area contributed by atoms with E-state index in [0.29, 0.717) is 34.0 Å². The van der Waals surface area contributed by atoms with E-state index in [1.54, 1.807) is 25.1 Å². The van der Waals surface area contributed by atoms with E-state index >= 15 is 0 Å². The van der Waals surface area contributed by atoms with Crippen molar-refractivity contribution in [3.63, 3.8) is 0 Å². The topological polar surface area (TPSA) is 85.9 Å². The van der Waals surface area contributed by atoms with Gasteiger partial charge < -0.3 is 24.8 Å². The number of fused-ring (bicyclic) bond motifs is 1. The van der Waals surface area contributed by atoms with Crippen LogP contribution in [0.4, 0.5) is 5.00 Å². The first-order valence-corrected chi connectivity index (χ1v) is 11.0. The summed E-state index contributed by atoms with van der Waals surface area (Å²) >= 11 is 1.41. The van der Waals surface area contributed by atoms with E-state index in [4.69, 9.17) is 14.2 Å². The van der Waals surface area contributed by atoms with Crippen LogP contribution >= 0.6 is 11.3 Å². The van der Waals surface area contributed by atoms with Gasteiger partial charge in [0.1, 0.15) is 16.5 Å². The van der Waals surface area contributed by atoms with Crippen LogP contribution in [0, 0.1) is 0 Å². The van der Waals surface area contributed by atoms with Crippen LogP contribution in [0.2, 0.25) is 0 Å². The van der Waals surface area contributed by atoms with Gasteiger partial charge in [0.05, 0.1) is 26.4 Å². The summed E-state index contributed by atoms with van der Waals surface area (Å²) in [6, 6.07) is 4.95. The van der Waals surface area contributed by atoms with Crippen LogP contribution in [0.1, 0.15) is 65.8 Å². The Morgan fingerprint density at radius 1 is 1.10 bits per heavy atom. The number of hydrogen-bond acceptors (Lipinski definition) is 7. The molecular weight excluding hydrogens is 416 g/mol. The third-order valence-corrected chi connectivity index (χ3v) is 6.64. The maximum atomic E-state index is 13.1. The molecule has 31 heavy (non-hydrogen) atoms. The number of thiophene rings is 1. The normalized spacial score (nSPS) is 16.2. The Morgan fingerprint density at radius 3 is 2.26 bits per heavy atom. The monoisotopic (exact) mass is 446 g/mol. The van der Waals surface area contributed by atoms with Gasteiger partial charge in [0, 0.05) is 27.6 Å². The fourth-order valence-electron chi connectivity index (χ4n) is 4.15. The molecule has 0 aliphatic carbocycles. The molecule has 2 heterocycles. The summed E-state index contributed by atoms with van der Waals surface area (Å²) in [5.41, 5.74) is 1.17. The van der Waals surface area contributed by atoms with Gasteiger partial charge in [-0.3, -0.25) is 4.79 Å². The molecule has 0 fully saturated rings. The van der Waals surface area contributed by atoms with Crippen molar-refractivity contribution in [3.05, 3.63) is 39.8 Å². The van der Waals surface area contributed by atoms with Crippen LogP contribution < -0.4 is 20.1 Å². The predicted molar refractivity (Wildman–Crippen MR) is 122 cm³/mol. The Hall–Kier alpha value is -2.58. The molecule has 0 unspecified atom stereocenters. The second-order valence-electron chi connectivity index (χ2n) is 8.70. The Labute approximate surface area is 187 Å². The molecule has 1 aliphatic rings. The maximum absolute atomic E-state index is 13.1. The molecule has 7 nitrogen and oxygen atoms in total. The van der Waals surface area contributed by atoms with Crippen LogP contribution in [-0.2, 0) is 16.7 Å². The third-order valence-electron chi connectivity index (χ3n) is 5.16. The zero-order chi connectivity index (χ0) is 23.0. The number of carbonyl (C=O) groups is 2. The highest BCUT2D eigenvalue weighted by molar-refractivity contribution is 7.17. The van der Waals surface area contributed by atoms with Crippen LogP contribution in [0.3, 0.4) is 0 Å². The van der Waals surface area contributed by atoms with Crippen LogP contribution in [-0.4, -0.2) is 38.2 Å². The van der Waals surface area contributed by atoms with E-state index in [0.717, 1.165) is 10.4 Å². The van der Waals surface area contributed by atoms with Gasteiger partial charge in [0.15, 0.2) is 0 Å². The largest absolute Gasteiger partial charge is 0.497 e. The number of carbonyl (C=O) groups excluding carboxylic acids is 2. The Balaban J connectivity index is 2.07. The van der Waals surface area contributed by atoms with Gasteiger partial charge in [-0.05, 0) is 58.7 Å². The minimum Gasteiger partial charge on any atom is -0.497 e. The fourth-order valence-corrected chi connectivity index (χ4v) is 5.41. The maximum Gasteiger partial charge on any atom is 0.341 e. The highest BCUT2D eigenvalue weighted by atomic mass is 32.1. The lowest BCUT2D eigenvalue weighted by atomic mass is 9.81. The van der Waals surface area contributed by atoms with Gasteiger partial charge in [0.2, 0.25) is 0 Å². The minimum absolute atomic E-state index is 0.208. The molecule has 3 rings (SSSR count). The molecule has 0 saturated heterocycles. The van der Waals surface area contributed by atoms with Crippen LogP contribution in [0.15, 0.2) is 18.2 Å². The van der Waals surface area contributed by atoms with Crippen molar-refractivity contribution in [2.24, 2.45) is 0 Å². The van der Waals surface area contributed by atoms with Crippen molar-refractivity contribution in [3.8, 4) is 11.5 Å². The molecule has 2 N–H and O–H groups in total. The van der Waals surface area contributed by atoms with Gasteiger partial charge >= 0.3 is 5.97 Å². The molecular formula is C23H30N2O5S. The summed E-state index contributed by atoms with van der Waals surface area (Å²) in [5.74, 6) is 0.235. The Morgan fingerprint density at radius 2 is 1.71 bits per heavy atom.